The zero-order valence-corrected chi connectivity index (χ0v) is 18.2. The van der Waals surface area contributed by atoms with Crippen LogP contribution in [-0.4, -0.2) is 57.2 Å². The lowest BCUT2D eigenvalue weighted by Gasteiger charge is -2.39. The number of β-amino-alcohol motifs (C(OH)–C–C–N with tert-alkyl or cyclic N) is 1. The molecule has 0 bridgehead atoms. The van der Waals surface area contributed by atoms with Gasteiger partial charge in [0.05, 0.1) is 12.1 Å². The van der Waals surface area contributed by atoms with Crippen LogP contribution in [0.5, 0.6) is 0 Å². The third kappa shape index (κ3) is 4.48. The van der Waals surface area contributed by atoms with Crippen molar-refractivity contribution in [3.8, 4) is 0 Å². The number of aliphatic hydroxyl groups is 1. The summed E-state index contributed by atoms with van der Waals surface area (Å²) >= 11 is 0. The highest BCUT2D eigenvalue weighted by atomic mass is 16.3. The molecule has 0 saturated carbocycles. The molecule has 158 valence electrons. The van der Waals surface area contributed by atoms with Gasteiger partial charge < -0.3 is 9.67 Å². The van der Waals surface area contributed by atoms with Gasteiger partial charge in [-0.05, 0) is 30.5 Å². The number of hydrogen-bond acceptors (Lipinski definition) is 4. The van der Waals surface area contributed by atoms with E-state index in [1.54, 1.807) is 0 Å². The van der Waals surface area contributed by atoms with Gasteiger partial charge in [0.2, 0.25) is 0 Å². The molecule has 0 amide bonds. The van der Waals surface area contributed by atoms with Gasteiger partial charge in [0, 0.05) is 52.2 Å². The van der Waals surface area contributed by atoms with Crippen molar-refractivity contribution in [2.75, 3.05) is 32.7 Å². The first-order chi connectivity index (χ1) is 14.5. The molecule has 1 aliphatic heterocycles. The third-order valence-electron chi connectivity index (χ3n) is 6.21. The van der Waals surface area contributed by atoms with E-state index in [0.717, 1.165) is 37.6 Å². The van der Waals surface area contributed by atoms with Gasteiger partial charge in [-0.1, -0.05) is 54.1 Å². The van der Waals surface area contributed by atoms with Gasteiger partial charge in [-0.15, -0.1) is 0 Å². The summed E-state index contributed by atoms with van der Waals surface area (Å²) in [5.74, 6) is 1.07. The lowest BCUT2D eigenvalue weighted by molar-refractivity contribution is 0.0603. The quantitative estimate of drug-likeness (QED) is 0.683. The first-order valence-corrected chi connectivity index (χ1v) is 10.8. The highest BCUT2D eigenvalue weighted by molar-refractivity contribution is 5.32. The third-order valence-corrected chi connectivity index (χ3v) is 6.21. The molecule has 0 radical (unpaired) electrons. The van der Waals surface area contributed by atoms with Crippen LogP contribution in [0.15, 0.2) is 60.9 Å². The topological polar surface area (TPSA) is 44.5 Å². The highest BCUT2D eigenvalue weighted by Crippen LogP contribution is 2.29. The minimum absolute atomic E-state index is 0.151. The normalized spacial score (nSPS) is 17.7. The van der Waals surface area contributed by atoms with Crippen LogP contribution in [-0.2, 0) is 7.05 Å². The molecule has 3 aromatic rings. The molecule has 2 heterocycles. The molecule has 5 nitrogen and oxygen atoms in total. The number of hydrogen-bond donors (Lipinski definition) is 1. The number of benzene rings is 2. The van der Waals surface area contributed by atoms with E-state index in [0.29, 0.717) is 6.54 Å². The smallest absolute Gasteiger partial charge is 0.130 e. The summed E-state index contributed by atoms with van der Waals surface area (Å²) in [4.78, 5) is 9.55. The Morgan fingerprint density at radius 2 is 1.73 bits per heavy atom. The van der Waals surface area contributed by atoms with Crippen LogP contribution in [0.1, 0.15) is 40.2 Å². The molecule has 0 spiro atoms. The Kier molecular flexibility index (Phi) is 6.32. The lowest BCUT2D eigenvalue weighted by atomic mass is 10.00. The van der Waals surface area contributed by atoms with Crippen LogP contribution in [0.4, 0.5) is 0 Å². The van der Waals surface area contributed by atoms with Gasteiger partial charge in [-0.3, -0.25) is 9.80 Å². The molecular formula is C25H32N4O. The van der Waals surface area contributed by atoms with E-state index in [4.69, 9.17) is 0 Å². The zero-order chi connectivity index (χ0) is 21.1. The SMILES string of the molecule is Cc1ccc([C@H](O)CN2CCN([C@@H](c3ccccc3)c3nccn3C)CC2)c(C)c1. The number of imidazole rings is 1. The minimum atomic E-state index is -0.448. The number of aromatic nitrogens is 2. The average molecular weight is 405 g/mol. The summed E-state index contributed by atoms with van der Waals surface area (Å²) in [6, 6.07) is 17.1. The molecule has 5 heteroatoms. The van der Waals surface area contributed by atoms with Crippen molar-refractivity contribution >= 4 is 0 Å². The van der Waals surface area contributed by atoms with E-state index in [1.165, 1.54) is 16.7 Å². The van der Waals surface area contributed by atoms with E-state index in [1.807, 2.05) is 12.4 Å². The van der Waals surface area contributed by atoms with Gasteiger partial charge >= 0.3 is 0 Å². The first kappa shape index (κ1) is 20.8. The van der Waals surface area contributed by atoms with Gasteiger partial charge in [-0.25, -0.2) is 4.98 Å². The molecule has 1 saturated heterocycles. The maximum atomic E-state index is 10.8. The first-order valence-electron chi connectivity index (χ1n) is 10.8. The van der Waals surface area contributed by atoms with Crippen molar-refractivity contribution in [2.24, 2.45) is 7.05 Å². The number of rotatable bonds is 6. The Labute approximate surface area is 179 Å². The Morgan fingerprint density at radius 3 is 2.37 bits per heavy atom. The van der Waals surface area contributed by atoms with E-state index in [2.05, 4.69) is 88.8 Å². The molecular weight excluding hydrogens is 372 g/mol. The second-order valence-corrected chi connectivity index (χ2v) is 8.42. The predicted molar refractivity (Wildman–Crippen MR) is 120 cm³/mol. The highest BCUT2D eigenvalue weighted by Gasteiger charge is 2.29. The van der Waals surface area contributed by atoms with Crippen LogP contribution in [0.3, 0.4) is 0 Å². The number of aliphatic hydroxyl groups excluding tert-OH is 1. The fourth-order valence-electron chi connectivity index (χ4n) is 4.55. The molecule has 30 heavy (non-hydrogen) atoms. The molecule has 2 atom stereocenters. The van der Waals surface area contributed by atoms with Gasteiger partial charge in [0.25, 0.3) is 0 Å². The van der Waals surface area contributed by atoms with Crippen molar-refractivity contribution in [2.45, 2.75) is 26.0 Å². The second-order valence-electron chi connectivity index (χ2n) is 8.42. The molecule has 1 aromatic heterocycles. The predicted octanol–water partition coefficient (Wildman–Crippen LogP) is 3.48. The monoisotopic (exact) mass is 404 g/mol. The molecule has 4 rings (SSSR count). The summed E-state index contributed by atoms with van der Waals surface area (Å²) in [6.07, 6.45) is 3.44. The molecule has 0 aliphatic carbocycles. The minimum Gasteiger partial charge on any atom is -0.387 e. The fourth-order valence-corrected chi connectivity index (χ4v) is 4.55. The summed E-state index contributed by atoms with van der Waals surface area (Å²) < 4.78 is 2.12. The Hall–Kier alpha value is -2.47. The van der Waals surface area contributed by atoms with Crippen LogP contribution >= 0.6 is 0 Å². The molecule has 1 aliphatic rings. The van der Waals surface area contributed by atoms with Crippen LogP contribution in [0.2, 0.25) is 0 Å². The van der Waals surface area contributed by atoms with E-state index >= 15 is 0 Å². The standard InChI is InChI=1S/C25H32N4O/c1-19-9-10-22(20(2)17-19)23(30)18-28-13-15-29(16-14-28)24(21-7-5-4-6-8-21)25-26-11-12-27(25)3/h4-12,17,23-24,30H,13-16,18H2,1-3H3/t23-,24+/m1/s1. The second kappa shape index (κ2) is 9.13. The van der Waals surface area contributed by atoms with Crippen molar-refractivity contribution in [3.05, 3.63) is 89.0 Å². The summed E-state index contributed by atoms with van der Waals surface area (Å²) in [5.41, 5.74) is 4.71. The van der Waals surface area contributed by atoms with Crippen LogP contribution in [0.25, 0.3) is 0 Å². The summed E-state index contributed by atoms with van der Waals surface area (Å²) in [5, 5.41) is 10.8. The molecule has 1 fully saturated rings. The van der Waals surface area contributed by atoms with Crippen LogP contribution < -0.4 is 0 Å². The van der Waals surface area contributed by atoms with E-state index < -0.39 is 6.10 Å². The van der Waals surface area contributed by atoms with E-state index in [9.17, 15) is 5.11 Å². The summed E-state index contributed by atoms with van der Waals surface area (Å²) in [6.45, 7) is 8.63. The Morgan fingerprint density at radius 1 is 1.00 bits per heavy atom. The van der Waals surface area contributed by atoms with Gasteiger partial charge in [-0.2, -0.15) is 0 Å². The van der Waals surface area contributed by atoms with Gasteiger partial charge in [0.1, 0.15) is 5.82 Å². The Balaban J connectivity index is 1.44. The average Bonchev–Trinajstić information content (AvgIpc) is 3.16. The van der Waals surface area contributed by atoms with Crippen molar-refractivity contribution < 1.29 is 5.11 Å². The number of piperazine rings is 1. The van der Waals surface area contributed by atoms with Crippen molar-refractivity contribution in [1.29, 1.82) is 0 Å². The van der Waals surface area contributed by atoms with Crippen LogP contribution in [0, 0.1) is 13.8 Å². The maximum absolute atomic E-state index is 10.8. The van der Waals surface area contributed by atoms with Crippen molar-refractivity contribution in [1.82, 2.24) is 19.4 Å². The van der Waals surface area contributed by atoms with Gasteiger partial charge in [0.15, 0.2) is 0 Å². The maximum Gasteiger partial charge on any atom is 0.130 e. The van der Waals surface area contributed by atoms with E-state index in [-0.39, 0.29) is 6.04 Å². The lowest BCUT2D eigenvalue weighted by Crippen LogP contribution is -2.49. The summed E-state index contributed by atoms with van der Waals surface area (Å²) in [7, 11) is 2.06. The Bertz CT molecular complexity index is 960. The zero-order valence-electron chi connectivity index (χ0n) is 18.2. The number of aryl methyl sites for hydroxylation is 3. The molecule has 0 unspecified atom stereocenters. The van der Waals surface area contributed by atoms with Crippen molar-refractivity contribution in [3.63, 3.8) is 0 Å². The molecule has 2 aromatic carbocycles. The fraction of sp³-hybridized carbons (Fsp3) is 0.400. The number of nitrogens with zero attached hydrogens (tertiary/aromatic N) is 4. The molecule has 1 N–H and O–H groups in total. The largest absolute Gasteiger partial charge is 0.387 e.